The number of anilines is 2. The Morgan fingerprint density at radius 1 is 1.04 bits per heavy atom. The molecule has 2 amide bonds. The monoisotopic (exact) mass is 385 g/mol. The lowest BCUT2D eigenvalue weighted by Crippen LogP contribution is -2.50. The van der Waals surface area contributed by atoms with Crippen LogP contribution in [0.4, 0.5) is 11.5 Å². The van der Waals surface area contributed by atoms with Crippen molar-refractivity contribution in [2.45, 2.75) is 20.3 Å². The van der Waals surface area contributed by atoms with Gasteiger partial charge in [0, 0.05) is 37.9 Å². The lowest BCUT2D eigenvalue weighted by Gasteiger charge is -2.33. The van der Waals surface area contributed by atoms with E-state index in [2.05, 4.69) is 38.6 Å². The molecule has 1 aromatic heterocycles. The second-order valence-corrected chi connectivity index (χ2v) is 7.03. The number of hydrogen-bond donors (Lipinski definition) is 2. The molecule has 1 aliphatic heterocycles. The number of carbonyl (C=O) groups is 2. The van der Waals surface area contributed by atoms with Crippen LogP contribution in [0.2, 0.25) is 0 Å². The van der Waals surface area contributed by atoms with Gasteiger partial charge in [0.2, 0.25) is 11.8 Å². The van der Waals surface area contributed by atoms with Gasteiger partial charge in [0.1, 0.15) is 5.76 Å². The summed E-state index contributed by atoms with van der Waals surface area (Å²) in [6.45, 7) is 7.50. The molecular weight excluding hydrogens is 358 g/mol. The first-order chi connectivity index (χ1) is 13.5. The van der Waals surface area contributed by atoms with Crippen molar-refractivity contribution in [2.75, 3.05) is 49.9 Å². The number of piperazine rings is 1. The molecule has 0 unspecified atom stereocenters. The fourth-order valence-corrected chi connectivity index (χ4v) is 3.19. The maximum absolute atomic E-state index is 12.3. The van der Waals surface area contributed by atoms with E-state index >= 15 is 0 Å². The topological polar surface area (TPSA) is 90.7 Å². The van der Waals surface area contributed by atoms with Gasteiger partial charge in [0.05, 0.1) is 13.1 Å². The van der Waals surface area contributed by atoms with Crippen LogP contribution in [-0.2, 0) is 16.0 Å². The first-order valence-corrected chi connectivity index (χ1v) is 9.58. The summed E-state index contributed by atoms with van der Waals surface area (Å²) in [5.74, 6) is 0.963. The second kappa shape index (κ2) is 9.48. The van der Waals surface area contributed by atoms with Gasteiger partial charge in [-0.2, -0.15) is 0 Å². The number of nitrogens with one attached hydrogen (secondary N) is 2. The lowest BCUT2D eigenvalue weighted by molar-refractivity contribution is -0.120. The third-order valence-corrected chi connectivity index (χ3v) is 4.71. The van der Waals surface area contributed by atoms with Gasteiger partial charge < -0.3 is 15.2 Å². The Morgan fingerprint density at radius 2 is 1.68 bits per heavy atom. The zero-order chi connectivity index (χ0) is 19.9. The summed E-state index contributed by atoms with van der Waals surface area (Å²) in [5.41, 5.74) is 2.04. The van der Waals surface area contributed by atoms with Crippen molar-refractivity contribution in [3.8, 4) is 0 Å². The van der Waals surface area contributed by atoms with Crippen molar-refractivity contribution in [2.24, 2.45) is 0 Å². The van der Waals surface area contributed by atoms with Crippen LogP contribution in [0.3, 0.4) is 0 Å². The van der Waals surface area contributed by atoms with E-state index in [0.717, 1.165) is 38.3 Å². The summed E-state index contributed by atoms with van der Waals surface area (Å²) in [5, 5.41) is 9.45. The van der Waals surface area contributed by atoms with Crippen LogP contribution >= 0.6 is 0 Å². The van der Waals surface area contributed by atoms with Crippen LogP contribution < -0.4 is 10.6 Å². The average molecular weight is 385 g/mol. The number of aromatic nitrogens is 1. The van der Waals surface area contributed by atoms with Gasteiger partial charge in [-0.1, -0.05) is 24.2 Å². The largest absolute Gasteiger partial charge is 0.360 e. The average Bonchev–Trinajstić information content (AvgIpc) is 3.08. The molecule has 0 bridgehead atoms. The second-order valence-electron chi connectivity index (χ2n) is 7.03. The fourth-order valence-electron chi connectivity index (χ4n) is 3.19. The molecule has 0 radical (unpaired) electrons. The van der Waals surface area contributed by atoms with Crippen LogP contribution in [0.5, 0.6) is 0 Å². The predicted octanol–water partition coefficient (Wildman–Crippen LogP) is 1.74. The van der Waals surface area contributed by atoms with Gasteiger partial charge in [-0.25, -0.2) is 0 Å². The predicted molar refractivity (Wildman–Crippen MR) is 107 cm³/mol. The number of amides is 2. The van der Waals surface area contributed by atoms with Crippen molar-refractivity contribution in [1.82, 2.24) is 15.0 Å². The molecule has 2 aromatic rings. The van der Waals surface area contributed by atoms with E-state index in [4.69, 9.17) is 4.52 Å². The van der Waals surface area contributed by atoms with E-state index in [1.807, 2.05) is 18.2 Å². The molecule has 28 heavy (non-hydrogen) atoms. The van der Waals surface area contributed by atoms with E-state index in [0.29, 0.717) is 24.7 Å². The molecular formula is C20H27N5O3. The molecule has 0 atom stereocenters. The normalized spacial score (nSPS) is 15.4. The van der Waals surface area contributed by atoms with E-state index < -0.39 is 0 Å². The summed E-state index contributed by atoms with van der Waals surface area (Å²) in [6.07, 6.45) is 0.940. The first-order valence-electron chi connectivity index (χ1n) is 9.58. The molecule has 1 aliphatic rings. The molecule has 150 valence electrons. The zero-order valence-electron chi connectivity index (χ0n) is 16.4. The maximum atomic E-state index is 12.3. The lowest BCUT2D eigenvalue weighted by atomic mass is 10.1. The van der Waals surface area contributed by atoms with Crippen LogP contribution in [0, 0.1) is 6.92 Å². The van der Waals surface area contributed by atoms with Crippen LogP contribution in [0.25, 0.3) is 0 Å². The Hall–Kier alpha value is -2.71. The Labute approximate surface area is 164 Å². The summed E-state index contributed by atoms with van der Waals surface area (Å²) < 4.78 is 4.94. The Bertz CT molecular complexity index is 812. The SMILES string of the molecule is CCc1cccc(NC(=O)CN2CCN(CC(=O)Nc3cc(C)on3)CC2)c1. The summed E-state index contributed by atoms with van der Waals surface area (Å²) in [6, 6.07) is 9.60. The number of carbonyl (C=O) groups excluding carboxylic acids is 2. The van der Waals surface area contributed by atoms with E-state index in [-0.39, 0.29) is 11.8 Å². The van der Waals surface area contributed by atoms with E-state index in [1.54, 1.807) is 13.0 Å². The summed E-state index contributed by atoms with van der Waals surface area (Å²) in [7, 11) is 0. The fraction of sp³-hybridized carbons (Fsp3) is 0.450. The first kappa shape index (κ1) is 20.0. The maximum Gasteiger partial charge on any atom is 0.239 e. The molecule has 0 aliphatic carbocycles. The zero-order valence-corrected chi connectivity index (χ0v) is 16.4. The van der Waals surface area contributed by atoms with Gasteiger partial charge in [-0.05, 0) is 31.0 Å². The smallest absolute Gasteiger partial charge is 0.239 e. The molecule has 0 saturated carbocycles. The number of rotatable bonds is 7. The molecule has 0 spiro atoms. The minimum atomic E-state index is -0.115. The minimum absolute atomic E-state index is 0.0131. The van der Waals surface area contributed by atoms with E-state index in [9.17, 15) is 9.59 Å². The van der Waals surface area contributed by atoms with Gasteiger partial charge in [0.15, 0.2) is 5.82 Å². The minimum Gasteiger partial charge on any atom is -0.360 e. The number of aryl methyl sites for hydroxylation is 2. The Balaban J connectivity index is 1.38. The highest BCUT2D eigenvalue weighted by atomic mass is 16.5. The number of hydrogen-bond acceptors (Lipinski definition) is 6. The molecule has 1 aromatic carbocycles. The van der Waals surface area contributed by atoms with E-state index in [1.165, 1.54) is 5.56 Å². The van der Waals surface area contributed by atoms with Crippen LogP contribution in [0.1, 0.15) is 18.2 Å². The molecule has 2 heterocycles. The van der Waals surface area contributed by atoms with Crippen LogP contribution in [-0.4, -0.2) is 66.0 Å². The van der Waals surface area contributed by atoms with Crippen molar-refractivity contribution in [1.29, 1.82) is 0 Å². The summed E-state index contributed by atoms with van der Waals surface area (Å²) in [4.78, 5) is 28.6. The molecule has 3 rings (SSSR count). The highest BCUT2D eigenvalue weighted by Gasteiger charge is 2.21. The quantitative estimate of drug-likeness (QED) is 0.755. The molecule has 1 saturated heterocycles. The Kier molecular flexibility index (Phi) is 6.78. The van der Waals surface area contributed by atoms with Gasteiger partial charge in [-0.15, -0.1) is 0 Å². The third kappa shape index (κ3) is 5.90. The highest BCUT2D eigenvalue weighted by molar-refractivity contribution is 5.92. The van der Waals surface area contributed by atoms with Crippen molar-refractivity contribution < 1.29 is 14.1 Å². The molecule has 2 N–H and O–H groups in total. The van der Waals surface area contributed by atoms with Crippen molar-refractivity contribution >= 4 is 23.3 Å². The highest BCUT2D eigenvalue weighted by Crippen LogP contribution is 2.12. The number of benzene rings is 1. The summed E-state index contributed by atoms with van der Waals surface area (Å²) >= 11 is 0. The standard InChI is InChI=1S/C20H27N5O3/c1-3-16-5-4-6-17(12-16)21-19(26)13-24-7-9-25(10-8-24)14-20(27)22-18-11-15(2)28-23-18/h4-6,11-12H,3,7-10,13-14H2,1-2H3,(H,21,26)(H,22,23,27). The van der Waals surface area contributed by atoms with Crippen molar-refractivity contribution in [3.05, 3.63) is 41.7 Å². The van der Waals surface area contributed by atoms with Gasteiger partial charge in [-0.3, -0.25) is 19.4 Å². The third-order valence-electron chi connectivity index (χ3n) is 4.71. The van der Waals surface area contributed by atoms with Gasteiger partial charge >= 0.3 is 0 Å². The molecule has 8 heteroatoms. The van der Waals surface area contributed by atoms with Crippen LogP contribution in [0.15, 0.2) is 34.9 Å². The van der Waals surface area contributed by atoms with Gasteiger partial charge in [0.25, 0.3) is 0 Å². The Morgan fingerprint density at radius 3 is 2.25 bits per heavy atom. The number of nitrogens with zero attached hydrogens (tertiary/aromatic N) is 3. The molecule has 1 fully saturated rings. The van der Waals surface area contributed by atoms with Crippen molar-refractivity contribution in [3.63, 3.8) is 0 Å². The molecule has 8 nitrogen and oxygen atoms in total.